The number of carbonyl (C=O) groups excluding carboxylic acids is 2. The Hall–Kier alpha value is -1.18. The number of hydroxylamine groups is 2. The smallest absolute Gasteiger partial charge is 0.325 e. The molecule has 0 aromatic heterocycles. The number of ether oxygens (including phenoxy) is 3. The molecule has 2 fully saturated rings. The summed E-state index contributed by atoms with van der Waals surface area (Å²) in [5, 5.41) is 2.04. The summed E-state index contributed by atoms with van der Waals surface area (Å²) in [7, 11) is 0. The lowest BCUT2D eigenvalue weighted by atomic mass is 9.66. The number of unbranched alkanes of at least 4 members (excludes halogenated alkanes) is 28. The molecule has 360 valence electrons. The topological polar surface area (TPSA) is 74.3 Å². The second-order valence-electron chi connectivity index (χ2n) is 20.5. The summed E-state index contributed by atoms with van der Waals surface area (Å²) in [5.74, 6) is -1.08. The summed E-state index contributed by atoms with van der Waals surface area (Å²) >= 11 is 0. The average molecular weight is 862 g/mol. The van der Waals surface area contributed by atoms with Gasteiger partial charge in [0.1, 0.15) is 6.61 Å². The molecule has 0 N–H and O–H groups in total. The molecule has 0 bridgehead atoms. The highest BCUT2D eigenvalue weighted by atomic mass is 16.7. The summed E-state index contributed by atoms with van der Waals surface area (Å²) in [6.07, 6.45) is 43.2. The van der Waals surface area contributed by atoms with Crippen LogP contribution in [0.3, 0.4) is 0 Å². The molecule has 0 saturated carbocycles. The number of esters is 1. The van der Waals surface area contributed by atoms with Gasteiger partial charge in [0.15, 0.2) is 5.79 Å². The second kappa shape index (κ2) is 32.5. The molecular formula is C54H103NO6. The van der Waals surface area contributed by atoms with E-state index in [0.29, 0.717) is 39.1 Å². The SMILES string of the molecule is CCCCCCCCCCCCCCCCCC(=O)OCC1(CC)COC2(CC(C)(CC)N(OC(=O)CCCCCCCCCCCCCCCCC)C(C)(CC)C2C)OC1. The standard InChI is InChI=1S/C54H103NO6/c1-9-14-16-18-20-22-24-26-28-30-32-34-36-38-40-42-49(56)58-45-53(13-5)46-59-54(60-47-53)44-51(7,11-3)55(52(8,12-4)48(54)6)61-50(57)43-41-39-37-35-33-31-29-27-25-23-21-19-17-15-10-2/h48H,9-47H2,1-8H3. The number of hydrogen-bond donors (Lipinski definition) is 0. The number of hydrogen-bond acceptors (Lipinski definition) is 7. The van der Waals surface area contributed by atoms with Gasteiger partial charge >= 0.3 is 11.9 Å². The molecule has 0 aliphatic carbocycles. The van der Waals surface area contributed by atoms with Crippen molar-refractivity contribution < 1.29 is 28.6 Å². The van der Waals surface area contributed by atoms with E-state index in [9.17, 15) is 9.59 Å². The molecule has 3 unspecified atom stereocenters. The highest BCUT2D eigenvalue weighted by Gasteiger charge is 2.64. The lowest BCUT2D eigenvalue weighted by Gasteiger charge is -2.63. The predicted molar refractivity (Wildman–Crippen MR) is 257 cm³/mol. The fourth-order valence-electron chi connectivity index (χ4n) is 10.1. The van der Waals surface area contributed by atoms with Gasteiger partial charge in [0, 0.05) is 25.2 Å². The molecule has 7 heteroatoms. The first-order valence-corrected chi connectivity index (χ1v) is 26.9. The molecule has 2 aliphatic heterocycles. The highest BCUT2D eigenvalue weighted by Crippen LogP contribution is 2.54. The maximum Gasteiger partial charge on any atom is 0.325 e. The van der Waals surface area contributed by atoms with Gasteiger partial charge in [-0.25, -0.2) is 0 Å². The maximum atomic E-state index is 13.4. The second-order valence-corrected chi connectivity index (χ2v) is 20.5. The van der Waals surface area contributed by atoms with Crippen molar-refractivity contribution in [3.63, 3.8) is 0 Å². The van der Waals surface area contributed by atoms with Crippen LogP contribution in [0.2, 0.25) is 0 Å². The minimum atomic E-state index is -0.802. The first-order chi connectivity index (χ1) is 29.5. The Labute approximate surface area is 379 Å². The Kier molecular flexibility index (Phi) is 29.8. The maximum absolute atomic E-state index is 13.4. The summed E-state index contributed by atoms with van der Waals surface area (Å²) in [4.78, 5) is 32.6. The van der Waals surface area contributed by atoms with Crippen LogP contribution in [0.15, 0.2) is 0 Å². The molecule has 3 atom stereocenters. The van der Waals surface area contributed by atoms with E-state index < -0.39 is 16.9 Å². The third-order valence-electron chi connectivity index (χ3n) is 15.3. The highest BCUT2D eigenvalue weighted by molar-refractivity contribution is 5.69. The summed E-state index contributed by atoms with van der Waals surface area (Å²) in [5.41, 5.74) is -1.29. The van der Waals surface area contributed by atoms with Gasteiger partial charge in [-0.2, -0.15) is 0 Å². The van der Waals surface area contributed by atoms with Crippen LogP contribution in [-0.2, 0) is 28.6 Å². The lowest BCUT2D eigenvalue weighted by molar-refractivity contribution is -0.403. The van der Waals surface area contributed by atoms with Crippen molar-refractivity contribution in [3.05, 3.63) is 0 Å². The van der Waals surface area contributed by atoms with Crippen molar-refractivity contribution in [2.45, 2.75) is 303 Å². The quantitative estimate of drug-likeness (QED) is 0.0452. The van der Waals surface area contributed by atoms with Crippen LogP contribution < -0.4 is 0 Å². The predicted octanol–water partition coefficient (Wildman–Crippen LogP) is 16.3. The Morgan fingerprint density at radius 3 is 1.21 bits per heavy atom. The van der Waals surface area contributed by atoms with Crippen LogP contribution in [0.4, 0.5) is 0 Å². The average Bonchev–Trinajstić information content (AvgIpc) is 3.27. The van der Waals surface area contributed by atoms with Crippen LogP contribution in [0, 0.1) is 11.3 Å². The molecule has 2 heterocycles. The molecule has 7 nitrogen and oxygen atoms in total. The lowest BCUT2D eigenvalue weighted by Crippen LogP contribution is -2.74. The van der Waals surface area contributed by atoms with Crippen molar-refractivity contribution in [2.75, 3.05) is 19.8 Å². The van der Waals surface area contributed by atoms with Gasteiger partial charge in [-0.15, -0.1) is 5.06 Å². The van der Waals surface area contributed by atoms with Crippen molar-refractivity contribution >= 4 is 11.9 Å². The zero-order valence-corrected chi connectivity index (χ0v) is 42.1. The van der Waals surface area contributed by atoms with Crippen LogP contribution in [0.5, 0.6) is 0 Å². The molecule has 2 saturated heterocycles. The molecule has 61 heavy (non-hydrogen) atoms. The van der Waals surface area contributed by atoms with Gasteiger partial charge in [-0.3, -0.25) is 9.59 Å². The molecule has 2 rings (SSSR count). The van der Waals surface area contributed by atoms with E-state index in [1.54, 1.807) is 0 Å². The van der Waals surface area contributed by atoms with E-state index >= 15 is 0 Å². The van der Waals surface area contributed by atoms with Crippen LogP contribution in [0.25, 0.3) is 0 Å². The number of carbonyl (C=O) groups is 2. The normalized spacial score (nSPS) is 25.6. The van der Waals surface area contributed by atoms with E-state index in [1.165, 1.54) is 167 Å². The molecule has 0 aromatic rings. The molecule has 0 amide bonds. The van der Waals surface area contributed by atoms with Gasteiger partial charge in [0.2, 0.25) is 0 Å². The fourth-order valence-corrected chi connectivity index (χ4v) is 10.1. The van der Waals surface area contributed by atoms with Crippen LogP contribution in [0.1, 0.15) is 287 Å². The number of piperidine rings is 1. The Balaban J connectivity index is 1.70. The van der Waals surface area contributed by atoms with Gasteiger partial charge in [0.25, 0.3) is 0 Å². The van der Waals surface area contributed by atoms with Crippen LogP contribution >= 0.6 is 0 Å². The van der Waals surface area contributed by atoms with E-state index in [2.05, 4.69) is 55.4 Å². The van der Waals surface area contributed by atoms with Crippen molar-refractivity contribution in [1.82, 2.24) is 5.06 Å². The first-order valence-electron chi connectivity index (χ1n) is 26.9. The van der Waals surface area contributed by atoms with Gasteiger partial charge < -0.3 is 19.0 Å². The van der Waals surface area contributed by atoms with E-state index in [4.69, 9.17) is 19.0 Å². The monoisotopic (exact) mass is 862 g/mol. The Morgan fingerprint density at radius 2 is 0.869 bits per heavy atom. The fraction of sp³-hybridized carbons (Fsp3) is 0.963. The molecular weight excluding hydrogens is 759 g/mol. The Bertz CT molecular complexity index is 1110. The minimum absolute atomic E-state index is 0.0502. The van der Waals surface area contributed by atoms with Crippen molar-refractivity contribution in [3.8, 4) is 0 Å². The largest absolute Gasteiger partial charge is 0.465 e. The molecule has 0 radical (unpaired) electrons. The van der Waals surface area contributed by atoms with E-state index in [0.717, 1.165) is 44.9 Å². The first kappa shape index (κ1) is 56.0. The van der Waals surface area contributed by atoms with Crippen LogP contribution in [-0.4, -0.2) is 53.7 Å². The van der Waals surface area contributed by atoms with Gasteiger partial charge in [-0.1, -0.05) is 221 Å². The summed E-state index contributed by atoms with van der Waals surface area (Å²) in [6, 6.07) is 0. The third-order valence-corrected chi connectivity index (χ3v) is 15.3. The zero-order valence-electron chi connectivity index (χ0n) is 42.1. The third kappa shape index (κ3) is 20.7. The summed E-state index contributed by atoms with van der Waals surface area (Å²) < 4.78 is 19.7. The molecule has 2 aliphatic rings. The van der Waals surface area contributed by atoms with E-state index in [-0.39, 0.29) is 23.3 Å². The van der Waals surface area contributed by atoms with Crippen molar-refractivity contribution in [1.29, 1.82) is 0 Å². The van der Waals surface area contributed by atoms with Crippen molar-refractivity contribution in [2.24, 2.45) is 11.3 Å². The van der Waals surface area contributed by atoms with Gasteiger partial charge in [0.05, 0.1) is 29.7 Å². The number of nitrogens with zero attached hydrogens (tertiary/aromatic N) is 1. The molecule has 0 aromatic carbocycles. The molecule has 1 spiro atoms. The number of rotatable bonds is 38. The minimum Gasteiger partial charge on any atom is -0.465 e. The zero-order chi connectivity index (χ0) is 44.7. The Morgan fingerprint density at radius 1 is 0.508 bits per heavy atom. The van der Waals surface area contributed by atoms with Gasteiger partial charge in [-0.05, 0) is 46.0 Å². The summed E-state index contributed by atoms with van der Waals surface area (Å²) in [6.45, 7) is 19.0. The van der Waals surface area contributed by atoms with E-state index in [1.807, 2.05) is 5.06 Å².